The number of hydrogen-bond acceptors (Lipinski definition) is 3. The average molecular weight is 305 g/mol. The Morgan fingerprint density at radius 2 is 1.73 bits per heavy atom. The molecule has 1 aliphatic carbocycles. The van der Waals surface area contributed by atoms with Crippen LogP contribution < -0.4 is 14.8 Å². The van der Waals surface area contributed by atoms with Gasteiger partial charge in [-0.25, -0.2) is 0 Å². The van der Waals surface area contributed by atoms with Gasteiger partial charge in [0.15, 0.2) is 11.5 Å². The van der Waals surface area contributed by atoms with Crippen molar-refractivity contribution in [3.8, 4) is 11.5 Å². The molecule has 0 spiro atoms. The molecule has 1 saturated carbocycles. The van der Waals surface area contributed by atoms with E-state index in [9.17, 15) is 4.79 Å². The molecule has 0 aromatic heterocycles. The fourth-order valence-electron chi connectivity index (χ4n) is 2.64. The van der Waals surface area contributed by atoms with Crippen LogP contribution in [0.15, 0.2) is 18.2 Å². The Morgan fingerprint density at radius 1 is 1.09 bits per heavy atom. The molecule has 0 atom stereocenters. The monoisotopic (exact) mass is 305 g/mol. The quantitative estimate of drug-likeness (QED) is 0.791. The summed E-state index contributed by atoms with van der Waals surface area (Å²) in [6, 6.07) is 5.77. The molecule has 0 radical (unpaired) electrons. The standard InChI is InChI=1S/C18H27NO3/c1-3-11-21-16-10-9-14(13-17(16)22-12-4-2)18(20)19-15-7-5-6-8-15/h9-10,13,15H,3-8,11-12H2,1-2H3,(H,19,20). The lowest BCUT2D eigenvalue weighted by atomic mass is 10.1. The van der Waals surface area contributed by atoms with Crippen molar-refractivity contribution in [1.82, 2.24) is 5.32 Å². The molecule has 0 aliphatic heterocycles. The second-order valence-electron chi connectivity index (χ2n) is 5.81. The minimum atomic E-state index is -0.0183. The minimum Gasteiger partial charge on any atom is -0.490 e. The van der Waals surface area contributed by atoms with Crippen LogP contribution in [0.25, 0.3) is 0 Å². The van der Waals surface area contributed by atoms with Crippen LogP contribution in [0.2, 0.25) is 0 Å². The summed E-state index contributed by atoms with van der Waals surface area (Å²) in [5.41, 5.74) is 0.641. The third-order valence-corrected chi connectivity index (χ3v) is 3.82. The molecule has 1 aromatic rings. The van der Waals surface area contributed by atoms with Crippen molar-refractivity contribution in [1.29, 1.82) is 0 Å². The summed E-state index contributed by atoms with van der Waals surface area (Å²) in [7, 11) is 0. The van der Waals surface area contributed by atoms with Crippen LogP contribution in [0.4, 0.5) is 0 Å². The second-order valence-corrected chi connectivity index (χ2v) is 5.81. The first-order valence-corrected chi connectivity index (χ1v) is 8.45. The lowest BCUT2D eigenvalue weighted by Gasteiger charge is -2.15. The molecular weight excluding hydrogens is 278 g/mol. The number of rotatable bonds is 8. The lowest BCUT2D eigenvalue weighted by Crippen LogP contribution is -2.32. The fourth-order valence-corrected chi connectivity index (χ4v) is 2.64. The van der Waals surface area contributed by atoms with Gasteiger partial charge >= 0.3 is 0 Å². The summed E-state index contributed by atoms with van der Waals surface area (Å²) in [5, 5.41) is 3.11. The van der Waals surface area contributed by atoms with Gasteiger partial charge < -0.3 is 14.8 Å². The van der Waals surface area contributed by atoms with Crippen molar-refractivity contribution in [3.63, 3.8) is 0 Å². The van der Waals surface area contributed by atoms with Gasteiger partial charge in [-0.1, -0.05) is 26.7 Å². The number of nitrogens with one attached hydrogen (secondary N) is 1. The molecule has 0 unspecified atom stereocenters. The highest BCUT2D eigenvalue weighted by atomic mass is 16.5. The van der Waals surface area contributed by atoms with Gasteiger partial charge in [0.1, 0.15) is 0 Å². The zero-order valence-corrected chi connectivity index (χ0v) is 13.7. The lowest BCUT2D eigenvalue weighted by molar-refractivity contribution is 0.0937. The highest BCUT2D eigenvalue weighted by Crippen LogP contribution is 2.29. The molecule has 1 N–H and O–H groups in total. The van der Waals surface area contributed by atoms with Gasteiger partial charge in [0.2, 0.25) is 0 Å². The Morgan fingerprint density at radius 3 is 2.36 bits per heavy atom. The Bertz CT molecular complexity index is 481. The van der Waals surface area contributed by atoms with Crippen LogP contribution in [0.1, 0.15) is 62.7 Å². The van der Waals surface area contributed by atoms with Crippen LogP contribution in [0.3, 0.4) is 0 Å². The van der Waals surface area contributed by atoms with E-state index in [-0.39, 0.29) is 5.91 Å². The summed E-state index contributed by atoms with van der Waals surface area (Å²) < 4.78 is 11.4. The van der Waals surface area contributed by atoms with E-state index in [4.69, 9.17) is 9.47 Å². The number of ether oxygens (including phenoxy) is 2. The largest absolute Gasteiger partial charge is 0.490 e. The van der Waals surface area contributed by atoms with Gasteiger partial charge in [0.25, 0.3) is 5.91 Å². The normalized spacial score (nSPS) is 14.8. The van der Waals surface area contributed by atoms with Crippen molar-refractivity contribution in [2.75, 3.05) is 13.2 Å². The molecule has 1 fully saturated rings. The van der Waals surface area contributed by atoms with Gasteiger partial charge in [-0.2, -0.15) is 0 Å². The smallest absolute Gasteiger partial charge is 0.251 e. The first-order chi connectivity index (χ1) is 10.7. The van der Waals surface area contributed by atoms with Crippen molar-refractivity contribution < 1.29 is 14.3 Å². The molecule has 4 heteroatoms. The van der Waals surface area contributed by atoms with Crippen LogP contribution in [-0.4, -0.2) is 25.2 Å². The zero-order valence-electron chi connectivity index (χ0n) is 13.7. The fraction of sp³-hybridized carbons (Fsp3) is 0.611. The first kappa shape index (κ1) is 16.7. The van der Waals surface area contributed by atoms with Crippen LogP contribution in [0.5, 0.6) is 11.5 Å². The van der Waals surface area contributed by atoms with E-state index in [1.165, 1.54) is 12.8 Å². The third kappa shape index (κ3) is 4.65. The van der Waals surface area contributed by atoms with Gasteiger partial charge in [-0.05, 0) is 43.9 Å². The Balaban J connectivity index is 2.08. The van der Waals surface area contributed by atoms with Gasteiger partial charge in [-0.15, -0.1) is 0 Å². The Kier molecular flexibility index (Phi) is 6.56. The third-order valence-electron chi connectivity index (χ3n) is 3.82. The molecule has 1 aliphatic rings. The maximum absolute atomic E-state index is 12.3. The summed E-state index contributed by atoms with van der Waals surface area (Å²) in [4.78, 5) is 12.3. The van der Waals surface area contributed by atoms with Crippen molar-refractivity contribution >= 4 is 5.91 Å². The van der Waals surface area contributed by atoms with Crippen LogP contribution >= 0.6 is 0 Å². The van der Waals surface area contributed by atoms with Crippen molar-refractivity contribution in [2.24, 2.45) is 0 Å². The molecule has 0 saturated heterocycles. The van der Waals surface area contributed by atoms with Crippen LogP contribution in [0, 0.1) is 0 Å². The van der Waals surface area contributed by atoms with Gasteiger partial charge in [0, 0.05) is 11.6 Å². The number of carbonyl (C=O) groups excluding carboxylic acids is 1. The number of amides is 1. The van der Waals surface area contributed by atoms with E-state index in [0.717, 1.165) is 25.7 Å². The van der Waals surface area contributed by atoms with Crippen molar-refractivity contribution in [3.05, 3.63) is 23.8 Å². The topological polar surface area (TPSA) is 47.6 Å². The molecule has 1 amide bonds. The highest BCUT2D eigenvalue weighted by molar-refractivity contribution is 5.95. The molecule has 22 heavy (non-hydrogen) atoms. The SMILES string of the molecule is CCCOc1ccc(C(=O)NC2CCCC2)cc1OCCC. The van der Waals surface area contributed by atoms with E-state index < -0.39 is 0 Å². The number of hydrogen-bond donors (Lipinski definition) is 1. The van der Waals surface area contributed by atoms with E-state index in [0.29, 0.717) is 36.3 Å². The van der Waals surface area contributed by atoms with E-state index in [1.807, 2.05) is 12.1 Å². The van der Waals surface area contributed by atoms with Crippen LogP contribution in [-0.2, 0) is 0 Å². The zero-order chi connectivity index (χ0) is 15.8. The molecule has 0 heterocycles. The molecule has 2 rings (SSSR count). The van der Waals surface area contributed by atoms with E-state index in [2.05, 4.69) is 19.2 Å². The molecule has 1 aromatic carbocycles. The number of carbonyl (C=O) groups is 1. The van der Waals surface area contributed by atoms with Crippen molar-refractivity contribution in [2.45, 2.75) is 58.4 Å². The average Bonchev–Trinajstić information content (AvgIpc) is 3.04. The summed E-state index contributed by atoms with van der Waals surface area (Å²) in [6.07, 6.45) is 6.45. The molecule has 0 bridgehead atoms. The van der Waals surface area contributed by atoms with Gasteiger partial charge in [-0.3, -0.25) is 4.79 Å². The van der Waals surface area contributed by atoms with E-state index >= 15 is 0 Å². The Hall–Kier alpha value is -1.71. The highest BCUT2D eigenvalue weighted by Gasteiger charge is 2.19. The maximum Gasteiger partial charge on any atom is 0.251 e. The Labute approximate surface area is 133 Å². The van der Waals surface area contributed by atoms with Gasteiger partial charge in [0.05, 0.1) is 13.2 Å². The predicted molar refractivity (Wildman–Crippen MR) is 87.7 cm³/mol. The second kappa shape index (κ2) is 8.66. The number of benzene rings is 1. The predicted octanol–water partition coefficient (Wildman–Crippen LogP) is 3.94. The van der Waals surface area contributed by atoms with E-state index in [1.54, 1.807) is 6.07 Å². The minimum absolute atomic E-state index is 0.0183. The summed E-state index contributed by atoms with van der Waals surface area (Å²) in [6.45, 7) is 5.39. The molecular formula is C18H27NO3. The molecule has 4 nitrogen and oxygen atoms in total. The summed E-state index contributed by atoms with van der Waals surface area (Å²) in [5.74, 6) is 1.36. The maximum atomic E-state index is 12.3. The summed E-state index contributed by atoms with van der Waals surface area (Å²) >= 11 is 0. The molecule has 122 valence electrons. The first-order valence-electron chi connectivity index (χ1n) is 8.45.